The maximum Gasteiger partial charge on any atom is 0.182 e. The van der Waals surface area contributed by atoms with Crippen LogP contribution in [-0.4, -0.2) is 31.9 Å². The van der Waals surface area contributed by atoms with Gasteiger partial charge in [-0.15, -0.1) is 0 Å². The lowest BCUT2D eigenvalue weighted by atomic mass is 10.00. The van der Waals surface area contributed by atoms with Gasteiger partial charge in [-0.3, -0.25) is 0 Å². The van der Waals surface area contributed by atoms with E-state index < -0.39 is 20.5 Å². The molecule has 0 amide bonds. The number of thiocarbonyl (C=S) groups is 1. The minimum atomic E-state index is -3.63. The molecule has 0 unspecified atom stereocenters. The summed E-state index contributed by atoms with van der Waals surface area (Å²) in [5.41, 5.74) is 7.10. The maximum absolute atomic E-state index is 13.5. The topological polar surface area (TPSA) is 69.4 Å². The normalized spacial score (nSPS) is 24.6. The van der Waals surface area contributed by atoms with Gasteiger partial charge in [0, 0.05) is 17.0 Å². The third-order valence-electron chi connectivity index (χ3n) is 5.17. The number of hydrogen-bond donors (Lipinski definition) is 1. The third-order valence-corrected chi connectivity index (χ3v) is 8.37. The Hall–Kier alpha value is -1.28. The summed E-state index contributed by atoms with van der Waals surface area (Å²) in [6.45, 7) is 4.45. The Labute approximate surface area is 174 Å². The van der Waals surface area contributed by atoms with Crippen LogP contribution in [0.1, 0.15) is 24.0 Å². The fourth-order valence-corrected chi connectivity index (χ4v) is 6.72. The van der Waals surface area contributed by atoms with Crippen LogP contribution in [0.15, 0.2) is 57.9 Å². The standard InChI is InChI=1S/C20H22BrNO3S2/c1-3-25-12-20(19(22)26)17(14-6-8-15(21)9-7-14)18(20)27(23,24)16-10-4-13(2)5-11-16/h4-11,17-18H,3,12H2,1-2H3,(H2,22,26)/t17-,18+,20+/m1/s1. The van der Waals surface area contributed by atoms with Gasteiger partial charge in [0.1, 0.15) is 0 Å². The summed E-state index contributed by atoms with van der Waals surface area (Å²) in [4.78, 5) is 0.472. The van der Waals surface area contributed by atoms with Crippen molar-refractivity contribution in [1.29, 1.82) is 0 Å². The minimum absolute atomic E-state index is 0.185. The number of ether oxygens (including phenoxy) is 1. The van der Waals surface area contributed by atoms with Gasteiger partial charge in [0.15, 0.2) is 9.84 Å². The highest BCUT2D eigenvalue weighted by molar-refractivity contribution is 9.10. The third kappa shape index (κ3) is 3.58. The summed E-state index contributed by atoms with van der Waals surface area (Å²) in [7, 11) is -3.63. The van der Waals surface area contributed by atoms with Crippen LogP contribution in [0, 0.1) is 12.3 Å². The highest BCUT2D eigenvalue weighted by atomic mass is 79.9. The van der Waals surface area contributed by atoms with E-state index >= 15 is 0 Å². The van der Waals surface area contributed by atoms with Crippen LogP contribution in [0.3, 0.4) is 0 Å². The van der Waals surface area contributed by atoms with Gasteiger partial charge in [-0.2, -0.15) is 0 Å². The number of rotatable bonds is 7. The smallest absolute Gasteiger partial charge is 0.182 e. The molecule has 2 aromatic rings. The van der Waals surface area contributed by atoms with Crippen LogP contribution < -0.4 is 5.73 Å². The first-order valence-electron chi connectivity index (χ1n) is 8.69. The number of nitrogens with two attached hydrogens (primary N) is 1. The van der Waals surface area contributed by atoms with Crippen molar-refractivity contribution >= 4 is 43.0 Å². The molecule has 0 saturated heterocycles. The van der Waals surface area contributed by atoms with Gasteiger partial charge in [-0.25, -0.2) is 8.42 Å². The van der Waals surface area contributed by atoms with E-state index in [1.54, 1.807) is 24.3 Å². The first-order valence-corrected chi connectivity index (χ1v) is 11.4. The summed E-state index contributed by atoms with van der Waals surface area (Å²) in [5, 5.41) is -0.738. The molecule has 0 aliphatic heterocycles. The van der Waals surface area contributed by atoms with Crippen molar-refractivity contribution in [2.75, 3.05) is 13.2 Å². The van der Waals surface area contributed by atoms with Crippen LogP contribution in [0.4, 0.5) is 0 Å². The maximum atomic E-state index is 13.5. The van der Waals surface area contributed by atoms with Gasteiger partial charge in [0.25, 0.3) is 0 Å². The van der Waals surface area contributed by atoms with Gasteiger partial charge >= 0.3 is 0 Å². The Bertz CT molecular complexity index is 942. The lowest BCUT2D eigenvalue weighted by Crippen LogP contribution is -2.33. The zero-order valence-corrected chi connectivity index (χ0v) is 18.4. The summed E-state index contributed by atoms with van der Waals surface area (Å²) in [6.07, 6.45) is 0. The second kappa shape index (κ2) is 7.62. The second-order valence-electron chi connectivity index (χ2n) is 6.85. The van der Waals surface area contributed by atoms with Gasteiger partial charge in [-0.05, 0) is 43.7 Å². The fraction of sp³-hybridized carbons (Fsp3) is 0.350. The summed E-state index contributed by atoms with van der Waals surface area (Å²) >= 11 is 8.77. The van der Waals surface area contributed by atoms with Crippen molar-refractivity contribution in [1.82, 2.24) is 0 Å². The zero-order valence-electron chi connectivity index (χ0n) is 15.2. The number of hydrogen-bond acceptors (Lipinski definition) is 4. The Morgan fingerprint density at radius 1 is 1.19 bits per heavy atom. The molecule has 4 nitrogen and oxygen atoms in total. The Kier molecular flexibility index (Phi) is 5.77. The van der Waals surface area contributed by atoms with Crippen molar-refractivity contribution in [3.05, 3.63) is 64.1 Å². The molecule has 144 valence electrons. The Morgan fingerprint density at radius 3 is 2.30 bits per heavy atom. The van der Waals surface area contributed by atoms with E-state index in [9.17, 15) is 8.42 Å². The van der Waals surface area contributed by atoms with E-state index in [1.165, 1.54) is 0 Å². The molecule has 2 N–H and O–H groups in total. The summed E-state index contributed by atoms with van der Waals surface area (Å²) in [6, 6.07) is 14.5. The number of sulfone groups is 1. The van der Waals surface area contributed by atoms with Gasteiger partial charge in [0.05, 0.1) is 27.2 Å². The Morgan fingerprint density at radius 2 is 1.78 bits per heavy atom. The molecule has 1 fully saturated rings. The van der Waals surface area contributed by atoms with Crippen LogP contribution in [0.5, 0.6) is 0 Å². The molecule has 7 heteroatoms. The molecule has 2 aromatic carbocycles. The van der Waals surface area contributed by atoms with Gasteiger partial charge in [0.2, 0.25) is 0 Å². The molecule has 0 heterocycles. The van der Waals surface area contributed by atoms with E-state index in [2.05, 4.69) is 15.9 Å². The largest absolute Gasteiger partial charge is 0.393 e. The molecule has 0 radical (unpaired) electrons. The van der Waals surface area contributed by atoms with Crippen molar-refractivity contribution in [3.8, 4) is 0 Å². The summed E-state index contributed by atoms with van der Waals surface area (Å²) < 4.78 is 33.5. The first-order chi connectivity index (χ1) is 12.7. The van der Waals surface area contributed by atoms with Crippen LogP contribution >= 0.6 is 28.1 Å². The molecule has 1 aliphatic rings. The predicted molar refractivity (Wildman–Crippen MR) is 115 cm³/mol. The van der Waals surface area contributed by atoms with E-state index in [1.807, 2.05) is 38.1 Å². The quantitative estimate of drug-likeness (QED) is 0.622. The highest BCUT2D eigenvalue weighted by Gasteiger charge is 2.73. The lowest BCUT2D eigenvalue weighted by molar-refractivity contribution is 0.121. The van der Waals surface area contributed by atoms with Gasteiger partial charge < -0.3 is 10.5 Å². The number of benzene rings is 2. The molecule has 0 bridgehead atoms. The van der Waals surface area contributed by atoms with Gasteiger partial charge in [-0.1, -0.05) is 58.0 Å². The zero-order chi connectivity index (χ0) is 19.8. The molecule has 0 aromatic heterocycles. The average molecular weight is 468 g/mol. The number of halogens is 1. The van der Waals surface area contributed by atoms with E-state index in [0.717, 1.165) is 15.6 Å². The second-order valence-corrected chi connectivity index (χ2v) is 10.3. The average Bonchev–Trinajstić information content (AvgIpc) is 3.32. The Balaban J connectivity index is 2.10. The SMILES string of the molecule is CCOC[C@]1(C(N)=S)[C@H](c2ccc(Br)cc2)[C@@H]1S(=O)(=O)c1ccc(C)cc1. The van der Waals surface area contributed by atoms with Crippen molar-refractivity contribution in [2.24, 2.45) is 11.1 Å². The van der Waals surface area contributed by atoms with E-state index in [-0.39, 0.29) is 22.4 Å². The van der Waals surface area contributed by atoms with Crippen molar-refractivity contribution in [3.63, 3.8) is 0 Å². The predicted octanol–water partition coefficient (Wildman–Crippen LogP) is 4.01. The fourth-order valence-electron chi connectivity index (χ4n) is 3.69. The van der Waals surface area contributed by atoms with Crippen LogP contribution in [-0.2, 0) is 14.6 Å². The number of aryl methyl sites for hydroxylation is 1. The molecule has 27 heavy (non-hydrogen) atoms. The van der Waals surface area contributed by atoms with Crippen LogP contribution in [0.25, 0.3) is 0 Å². The van der Waals surface area contributed by atoms with Crippen molar-refractivity contribution in [2.45, 2.75) is 29.9 Å². The highest BCUT2D eigenvalue weighted by Crippen LogP contribution is 2.64. The van der Waals surface area contributed by atoms with Crippen LogP contribution in [0.2, 0.25) is 0 Å². The molecule has 3 rings (SSSR count). The van der Waals surface area contributed by atoms with E-state index in [4.69, 9.17) is 22.7 Å². The molecule has 0 spiro atoms. The summed E-state index contributed by atoms with van der Waals surface area (Å²) in [5.74, 6) is -0.332. The lowest BCUT2D eigenvalue weighted by Gasteiger charge is -2.17. The molecule has 1 aliphatic carbocycles. The molecule has 3 atom stereocenters. The van der Waals surface area contributed by atoms with E-state index in [0.29, 0.717) is 6.61 Å². The van der Waals surface area contributed by atoms with Crippen molar-refractivity contribution < 1.29 is 13.2 Å². The monoisotopic (exact) mass is 467 g/mol. The molecule has 1 saturated carbocycles. The molecular formula is C20H22BrNO3S2. The minimum Gasteiger partial charge on any atom is -0.393 e. The molecular weight excluding hydrogens is 446 g/mol. The first kappa shape index (κ1) is 20.5.